The second kappa shape index (κ2) is 3.27. The molecule has 1 aromatic rings. The lowest BCUT2D eigenvalue weighted by Crippen LogP contribution is -2.18. The minimum Gasteiger partial charge on any atom is -0.340 e. The number of hydrogen-bond acceptors (Lipinski definition) is 2. The molecule has 12 heavy (non-hydrogen) atoms. The monoisotopic (exact) mass is 165 g/mol. The summed E-state index contributed by atoms with van der Waals surface area (Å²) in [6.07, 6.45) is 6.67. The molecule has 1 aromatic heterocycles. The van der Waals surface area contributed by atoms with Gasteiger partial charge in [0.2, 0.25) is 0 Å². The Morgan fingerprint density at radius 3 is 2.75 bits per heavy atom. The number of aromatic nitrogens is 2. The first-order valence-corrected chi connectivity index (χ1v) is 4.54. The molecule has 1 saturated heterocycles. The maximum atomic E-state index is 4.30. The SMILES string of the molecule is Cn1cnc(CN2CCCC2)c1. The van der Waals surface area contributed by atoms with Gasteiger partial charge in [0.05, 0.1) is 12.0 Å². The lowest BCUT2D eigenvalue weighted by atomic mass is 10.4. The van der Waals surface area contributed by atoms with Crippen LogP contribution >= 0.6 is 0 Å². The van der Waals surface area contributed by atoms with Crippen molar-refractivity contribution in [3.63, 3.8) is 0 Å². The molecule has 1 fully saturated rings. The highest BCUT2D eigenvalue weighted by molar-refractivity contribution is 4.96. The predicted molar refractivity (Wildman–Crippen MR) is 47.7 cm³/mol. The van der Waals surface area contributed by atoms with Crippen molar-refractivity contribution in [2.45, 2.75) is 19.4 Å². The molecule has 0 bridgehead atoms. The van der Waals surface area contributed by atoms with Gasteiger partial charge in [-0.2, -0.15) is 0 Å². The molecule has 0 amide bonds. The molecule has 2 heterocycles. The highest BCUT2D eigenvalue weighted by Crippen LogP contribution is 2.10. The fourth-order valence-electron chi connectivity index (χ4n) is 1.72. The van der Waals surface area contributed by atoms with Crippen LogP contribution < -0.4 is 0 Å². The lowest BCUT2D eigenvalue weighted by Gasteiger charge is -2.11. The van der Waals surface area contributed by atoms with Crippen molar-refractivity contribution < 1.29 is 0 Å². The maximum absolute atomic E-state index is 4.30. The zero-order chi connectivity index (χ0) is 8.39. The number of nitrogens with zero attached hydrogens (tertiary/aromatic N) is 3. The maximum Gasteiger partial charge on any atom is 0.0947 e. The Balaban J connectivity index is 1.94. The van der Waals surface area contributed by atoms with Gasteiger partial charge in [0.15, 0.2) is 0 Å². The zero-order valence-electron chi connectivity index (χ0n) is 7.53. The molecule has 0 atom stereocenters. The van der Waals surface area contributed by atoms with E-state index in [0.29, 0.717) is 0 Å². The van der Waals surface area contributed by atoms with Gasteiger partial charge in [-0.25, -0.2) is 4.98 Å². The molecule has 0 unspecified atom stereocenters. The molecule has 1 aliphatic rings. The van der Waals surface area contributed by atoms with E-state index in [1.807, 2.05) is 17.9 Å². The predicted octanol–water partition coefficient (Wildman–Crippen LogP) is 1.02. The third kappa shape index (κ3) is 1.67. The molecule has 2 rings (SSSR count). The van der Waals surface area contributed by atoms with E-state index < -0.39 is 0 Å². The zero-order valence-corrected chi connectivity index (χ0v) is 7.53. The highest BCUT2D eigenvalue weighted by Gasteiger charge is 2.12. The molecule has 0 N–H and O–H groups in total. The van der Waals surface area contributed by atoms with Gasteiger partial charge in [-0.1, -0.05) is 0 Å². The minimum atomic E-state index is 1.03. The van der Waals surface area contributed by atoms with Crippen molar-refractivity contribution in [1.82, 2.24) is 14.5 Å². The smallest absolute Gasteiger partial charge is 0.0947 e. The van der Waals surface area contributed by atoms with E-state index in [0.717, 1.165) is 6.54 Å². The van der Waals surface area contributed by atoms with Gasteiger partial charge in [0.1, 0.15) is 0 Å². The standard InChI is InChI=1S/C9H15N3/c1-11-6-9(10-8-11)7-12-4-2-3-5-12/h6,8H,2-5,7H2,1H3. The topological polar surface area (TPSA) is 21.1 Å². The van der Waals surface area contributed by atoms with Crippen LogP contribution in [0.4, 0.5) is 0 Å². The number of likely N-dealkylation sites (tertiary alicyclic amines) is 1. The molecule has 0 aliphatic carbocycles. The summed E-state index contributed by atoms with van der Waals surface area (Å²) in [6.45, 7) is 3.52. The Bertz CT molecular complexity index is 248. The van der Waals surface area contributed by atoms with Crippen LogP contribution in [-0.4, -0.2) is 27.5 Å². The molecule has 0 aromatic carbocycles. The molecule has 66 valence electrons. The molecule has 0 radical (unpaired) electrons. The van der Waals surface area contributed by atoms with Gasteiger partial charge in [-0.3, -0.25) is 4.90 Å². The van der Waals surface area contributed by atoms with Crippen LogP contribution in [0.5, 0.6) is 0 Å². The van der Waals surface area contributed by atoms with Crippen LogP contribution in [-0.2, 0) is 13.6 Å². The molecular formula is C9H15N3. The summed E-state index contributed by atoms with van der Waals surface area (Å²) in [5.41, 5.74) is 1.19. The molecular weight excluding hydrogens is 150 g/mol. The number of imidazole rings is 1. The third-order valence-corrected chi connectivity index (χ3v) is 2.34. The van der Waals surface area contributed by atoms with E-state index in [2.05, 4.69) is 16.1 Å². The Kier molecular flexibility index (Phi) is 2.13. The van der Waals surface area contributed by atoms with Gasteiger partial charge in [0, 0.05) is 19.8 Å². The van der Waals surface area contributed by atoms with Crippen LogP contribution in [0.3, 0.4) is 0 Å². The van der Waals surface area contributed by atoms with E-state index >= 15 is 0 Å². The molecule has 0 spiro atoms. The van der Waals surface area contributed by atoms with E-state index in [-0.39, 0.29) is 0 Å². The first-order chi connectivity index (χ1) is 5.84. The van der Waals surface area contributed by atoms with Crippen molar-refractivity contribution in [2.75, 3.05) is 13.1 Å². The fourth-order valence-corrected chi connectivity index (χ4v) is 1.72. The summed E-state index contributed by atoms with van der Waals surface area (Å²) in [7, 11) is 2.01. The summed E-state index contributed by atoms with van der Waals surface area (Å²) in [4.78, 5) is 6.76. The summed E-state index contributed by atoms with van der Waals surface area (Å²) in [6, 6.07) is 0. The highest BCUT2D eigenvalue weighted by atomic mass is 15.2. The average Bonchev–Trinajstić information content (AvgIpc) is 2.63. The van der Waals surface area contributed by atoms with Crippen LogP contribution in [0, 0.1) is 0 Å². The van der Waals surface area contributed by atoms with Gasteiger partial charge in [-0.15, -0.1) is 0 Å². The summed E-state index contributed by atoms with van der Waals surface area (Å²) in [5.74, 6) is 0. The second-order valence-corrected chi connectivity index (χ2v) is 3.51. The number of hydrogen-bond donors (Lipinski definition) is 0. The Hall–Kier alpha value is -0.830. The van der Waals surface area contributed by atoms with Gasteiger partial charge < -0.3 is 4.57 Å². The first kappa shape index (κ1) is 7.80. The van der Waals surface area contributed by atoms with Crippen molar-refractivity contribution in [2.24, 2.45) is 7.05 Å². The Morgan fingerprint density at radius 2 is 2.17 bits per heavy atom. The van der Waals surface area contributed by atoms with Crippen LogP contribution in [0.25, 0.3) is 0 Å². The van der Waals surface area contributed by atoms with Crippen LogP contribution in [0.1, 0.15) is 18.5 Å². The largest absolute Gasteiger partial charge is 0.340 e. The Morgan fingerprint density at radius 1 is 1.42 bits per heavy atom. The molecule has 1 aliphatic heterocycles. The summed E-state index contributed by atoms with van der Waals surface area (Å²) >= 11 is 0. The number of rotatable bonds is 2. The van der Waals surface area contributed by atoms with Gasteiger partial charge >= 0.3 is 0 Å². The van der Waals surface area contributed by atoms with Gasteiger partial charge in [-0.05, 0) is 25.9 Å². The van der Waals surface area contributed by atoms with Crippen LogP contribution in [0.2, 0.25) is 0 Å². The molecule has 3 nitrogen and oxygen atoms in total. The van der Waals surface area contributed by atoms with E-state index in [1.165, 1.54) is 31.6 Å². The summed E-state index contributed by atoms with van der Waals surface area (Å²) in [5, 5.41) is 0. The third-order valence-electron chi connectivity index (χ3n) is 2.34. The average molecular weight is 165 g/mol. The quantitative estimate of drug-likeness (QED) is 0.652. The molecule has 0 saturated carbocycles. The van der Waals surface area contributed by atoms with Crippen LogP contribution in [0.15, 0.2) is 12.5 Å². The van der Waals surface area contributed by atoms with E-state index in [4.69, 9.17) is 0 Å². The van der Waals surface area contributed by atoms with Crippen molar-refractivity contribution in [3.8, 4) is 0 Å². The normalized spacial score (nSPS) is 18.8. The molecule has 3 heteroatoms. The first-order valence-electron chi connectivity index (χ1n) is 4.54. The fraction of sp³-hybridized carbons (Fsp3) is 0.667. The Labute approximate surface area is 73.0 Å². The number of aryl methyl sites for hydroxylation is 1. The van der Waals surface area contributed by atoms with Crippen molar-refractivity contribution in [1.29, 1.82) is 0 Å². The van der Waals surface area contributed by atoms with E-state index in [9.17, 15) is 0 Å². The lowest BCUT2D eigenvalue weighted by molar-refractivity contribution is 0.327. The minimum absolute atomic E-state index is 1.03. The van der Waals surface area contributed by atoms with Crippen molar-refractivity contribution in [3.05, 3.63) is 18.2 Å². The van der Waals surface area contributed by atoms with E-state index in [1.54, 1.807) is 0 Å². The van der Waals surface area contributed by atoms with Crippen molar-refractivity contribution >= 4 is 0 Å². The van der Waals surface area contributed by atoms with Gasteiger partial charge in [0.25, 0.3) is 0 Å². The second-order valence-electron chi connectivity index (χ2n) is 3.51. The summed E-state index contributed by atoms with van der Waals surface area (Å²) < 4.78 is 2.01.